The molecule has 0 saturated carbocycles. The summed E-state index contributed by atoms with van der Waals surface area (Å²) in [5.41, 5.74) is 0.971. The summed E-state index contributed by atoms with van der Waals surface area (Å²) in [7, 11) is 0. The number of halogens is 2. The van der Waals surface area contributed by atoms with Gasteiger partial charge in [-0.15, -0.1) is 0 Å². The Bertz CT molecular complexity index is 654. The highest BCUT2D eigenvalue weighted by Gasteiger charge is 2.11. The molecular formula is C11H9Cl2N3O3. The van der Waals surface area contributed by atoms with Gasteiger partial charge in [-0.1, -0.05) is 23.2 Å². The molecule has 100 valence electrons. The summed E-state index contributed by atoms with van der Waals surface area (Å²) in [5, 5.41) is 11.5. The van der Waals surface area contributed by atoms with Crippen molar-refractivity contribution in [3.63, 3.8) is 0 Å². The molecule has 8 heteroatoms. The van der Waals surface area contributed by atoms with E-state index in [1.54, 1.807) is 22.9 Å². The molecule has 0 aliphatic carbocycles. The molecule has 0 bridgehead atoms. The number of fused-ring (bicyclic) bond motifs is 1. The molecule has 0 saturated heterocycles. The highest BCUT2D eigenvalue weighted by Crippen LogP contribution is 2.21. The molecule has 2 heterocycles. The van der Waals surface area contributed by atoms with Crippen LogP contribution in [-0.2, 0) is 16.0 Å². The number of pyridine rings is 1. The van der Waals surface area contributed by atoms with Gasteiger partial charge in [0, 0.05) is 12.4 Å². The van der Waals surface area contributed by atoms with Gasteiger partial charge in [0.15, 0.2) is 5.65 Å². The van der Waals surface area contributed by atoms with Crippen molar-refractivity contribution in [2.45, 2.75) is 6.42 Å². The van der Waals surface area contributed by atoms with Crippen molar-refractivity contribution < 1.29 is 14.7 Å². The van der Waals surface area contributed by atoms with Crippen molar-refractivity contribution in [1.29, 1.82) is 0 Å². The van der Waals surface area contributed by atoms with Gasteiger partial charge in [0.05, 0.1) is 22.2 Å². The van der Waals surface area contributed by atoms with Crippen LogP contribution in [0.2, 0.25) is 10.0 Å². The number of aliphatic carboxylic acids is 1. The quantitative estimate of drug-likeness (QED) is 0.894. The second-order valence-corrected chi connectivity index (χ2v) is 4.66. The number of carboxylic acid groups (broad SMARTS) is 1. The number of carboxylic acids is 1. The van der Waals surface area contributed by atoms with Crippen LogP contribution in [0.15, 0.2) is 18.5 Å². The van der Waals surface area contributed by atoms with Gasteiger partial charge >= 0.3 is 5.97 Å². The molecule has 1 amide bonds. The summed E-state index contributed by atoms with van der Waals surface area (Å²) in [4.78, 5) is 26.0. The maximum Gasteiger partial charge on any atom is 0.322 e. The lowest BCUT2D eigenvalue weighted by atomic mass is 10.3. The topological polar surface area (TPSA) is 83.7 Å². The van der Waals surface area contributed by atoms with E-state index in [0.717, 1.165) is 0 Å². The van der Waals surface area contributed by atoms with E-state index in [4.69, 9.17) is 28.3 Å². The maximum atomic E-state index is 11.5. The first-order chi connectivity index (χ1) is 8.95. The molecule has 2 N–H and O–H groups in total. The van der Waals surface area contributed by atoms with Crippen LogP contribution in [0.4, 0.5) is 0 Å². The largest absolute Gasteiger partial charge is 0.480 e. The third-order valence-corrected chi connectivity index (χ3v) is 2.79. The monoisotopic (exact) mass is 301 g/mol. The maximum absolute atomic E-state index is 11.5. The average molecular weight is 302 g/mol. The van der Waals surface area contributed by atoms with Crippen LogP contribution in [0, 0.1) is 0 Å². The van der Waals surface area contributed by atoms with Gasteiger partial charge in [0.25, 0.3) is 0 Å². The summed E-state index contributed by atoms with van der Waals surface area (Å²) in [5.74, 6) is -1.52. The van der Waals surface area contributed by atoms with Crippen LogP contribution < -0.4 is 5.32 Å². The number of nitrogens with zero attached hydrogens (tertiary/aromatic N) is 2. The van der Waals surface area contributed by atoms with E-state index >= 15 is 0 Å². The Morgan fingerprint density at radius 2 is 2.11 bits per heavy atom. The van der Waals surface area contributed by atoms with E-state index in [1.165, 1.54) is 0 Å². The van der Waals surface area contributed by atoms with Gasteiger partial charge in [0.2, 0.25) is 5.91 Å². The Balaban J connectivity index is 2.15. The number of aromatic nitrogens is 2. The molecule has 0 aliphatic heterocycles. The van der Waals surface area contributed by atoms with Gasteiger partial charge in [-0.2, -0.15) is 0 Å². The van der Waals surface area contributed by atoms with Crippen LogP contribution in [0.1, 0.15) is 5.69 Å². The van der Waals surface area contributed by atoms with Crippen molar-refractivity contribution >= 4 is 40.7 Å². The number of rotatable bonds is 4. The lowest BCUT2D eigenvalue weighted by molar-refractivity contribution is -0.137. The van der Waals surface area contributed by atoms with E-state index in [2.05, 4.69) is 10.3 Å². The highest BCUT2D eigenvalue weighted by atomic mass is 35.5. The fourth-order valence-corrected chi connectivity index (χ4v) is 2.09. The van der Waals surface area contributed by atoms with Gasteiger partial charge < -0.3 is 14.8 Å². The SMILES string of the molecule is O=C(O)CNC(=O)Cc1cn2cc(Cl)cc(Cl)c2n1. The normalized spacial score (nSPS) is 10.6. The van der Waals surface area contributed by atoms with Crippen LogP contribution in [0.5, 0.6) is 0 Å². The van der Waals surface area contributed by atoms with Crippen LogP contribution in [-0.4, -0.2) is 32.9 Å². The highest BCUT2D eigenvalue weighted by molar-refractivity contribution is 6.36. The molecular weight excluding hydrogens is 293 g/mol. The Morgan fingerprint density at radius 3 is 2.79 bits per heavy atom. The molecule has 0 fully saturated rings. The molecule has 2 aromatic heterocycles. The van der Waals surface area contributed by atoms with Crippen LogP contribution in [0.25, 0.3) is 5.65 Å². The van der Waals surface area contributed by atoms with Gasteiger partial charge in [0.1, 0.15) is 6.54 Å². The van der Waals surface area contributed by atoms with Crippen molar-refractivity contribution in [2.75, 3.05) is 6.54 Å². The minimum Gasteiger partial charge on any atom is -0.480 e. The van der Waals surface area contributed by atoms with Gasteiger partial charge in [-0.3, -0.25) is 9.59 Å². The van der Waals surface area contributed by atoms with Gasteiger partial charge in [-0.05, 0) is 6.07 Å². The molecule has 0 radical (unpaired) electrons. The third kappa shape index (κ3) is 3.36. The van der Waals surface area contributed by atoms with Crippen molar-refractivity contribution in [3.05, 3.63) is 34.2 Å². The Kier molecular flexibility index (Phi) is 3.92. The Morgan fingerprint density at radius 1 is 1.37 bits per heavy atom. The minimum atomic E-state index is -1.10. The number of hydrogen-bond donors (Lipinski definition) is 2. The zero-order valence-corrected chi connectivity index (χ0v) is 11.1. The van der Waals surface area contributed by atoms with E-state index < -0.39 is 18.4 Å². The average Bonchev–Trinajstić information content (AvgIpc) is 2.69. The Hall–Kier alpha value is -1.79. The molecule has 19 heavy (non-hydrogen) atoms. The smallest absolute Gasteiger partial charge is 0.322 e. The number of carbonyl (C=O) groups excluding carboxylic acids is 1. The zero-order chi connectivity index (χ0) is 14.0. The molecule has 0 aliphatic rings. The number of amides is 1. The van der Waals surface area contributed by atoms with E-state index in [0.29, 0.717) is 21.4 Å². The summed E-state index contributed by atoms with van der Waals surface area (Å²) in [6.45, 7) is -0.418. The number of carbonyl (C=O) groups is 2. The van der Waals surface area contributed by atoms with Gasteiger partial charge in [-0.25, -0.2) is 4.98 Å². The first kappa shape index (κ1) is 13.6. The van der Waals surface area contributed by atoms with Crippen LogP contribution in [0.3, 0.4) is 0 Å². The fourth-order valence-electron chi connectivity index (χ4n) is 1.56. The van der Waals surface area contributed by atoms with Crippen molar-refractivity contribution in [1.82, 2.24) is 14.7 Å². The van der Waals surface area contributed by atoms with Crippen LogP contribution >= 0.6 is 23.2 Å². The first-order valence-corrected chi connectivity index (χ1v) is 6.02. The predicted octanol–water partition coefficient (Wildman–Crippen LogP) is 1.38. The Labute approximate surface area is 118 Å². The third-order valence-electron chi connectivity index (χ3n) is 2.30. The van der Waals surface area contributed by atoms with E-state index in [-0.39, 0.29) is 6.42 Å². The van der Waals surface area contributed by atoms with Crippen molar-refractivity contribution in [2.24, 2.45) is 0 Å². The summed E-state index contributed by atoms with van der Waals surface area (Å²) < 4.78 is 1.62. The summed E-state index contributed by atoms with van der Waals surface area (Å²) in [6, 6.07) is 1.56. The van der Waals surface area contributed by atoms with E-state index in [1.807, 2.05) is 0 Å². The molecule has 0 unspecified atom stereocenters. The second-order valence-electron chi connectivity index (χ2n) is 3.82. The lowest BCUT2D eigenvalue weighted by Gasteiger charge is -1.98. The number of nitrogens with one attached hydrogen (secondary N) is 1. The molecule has 0 spiro atoms. The first-order valence-electron chi connectivity index (χ1n) is 5.27. The molecule has 2 aromatic rings. The standard InChI is InChI=1S/C11H9Cl2N3O3/c12-6-1-8(13)11-15-7(5-16(11)4-6)2-9(17)14-3-10(18)19/h1,4-5H,2-3H2,(H,14,17)(H,18,19). The fraction of sp³-hybridized carbons (Fsp3) is 0.182. The van der Waals surface area contributed by atoms with Crippen molar-refractivity contribution in [3.8, 4) is 0 Å². The molecule has 0 aromatic carbocycles. The lowest BCUT2D eigenvalue weighted by Crippen LogP contribution is -2.30. The molecule has 6 nitrogen and oxygen atoms in total. The molecule has 0 atom stereocenters. The summed E-state index contributed by atoms with van der Waals surface area (Å²) >= 11 is 11.8. The predicted molar refractivity (Wildman–Crippen MR) is 69.6 cm³/mol. The summed E-state index contributed by atoms with van der Waals surface area (Å²) in [6.07, 6.45) is 3.21. The minimum absolute atomic E-state index is 0.0249. The molecule has 2 rings (SSSR count). The number of hydrogen-bond acceptors (Lipinski definition) is 3. The van der Waals surface area contributed by atoms with E-state index in [9.17, 15) is 9.59 Å². The number of imidazole rings is 1. The zero-order valence-electron chi connectivity index (χ0n) is 9.56. The second kappa shape index (κ2) is 5.46.